The van der Waals surface area contributed by atoms with Gasteiger partial charge >= 0.3 is 0 Å². The number of benzene rings is 4. The van der Waals surface area contributed by atoms with Crippen molar-refractivity contribution in [2.24, 2.45) is 0 Å². The first-order valence-corrected chi connectivity index (χ1v) is 27.5. The molecule has 4 aromatic carbocycles. The van der Waals surface area contributed by atoms with Crippen LogP contribution < -0.4 is 9.47 Å². The third-order valence-electron chi connectivity index (χ3n) is 15.1. The number of aliphatic hydroxyl groups is 8. The number of fused-ring (bicyclic) bond motifs is 8. The van der Waals surface area contributed by atoms with E-state index in [0.29, 0.717) is 35.7 Å². The van der Waals surface area contributed by atoms with Gasteiger partial charge in [-0.3, -0.25) is 0 Å². The van der Waals surface area contributed by atoms with E-state index >= 15 is 0 Å². The average molecular weight is 1120 g/mol. The molecule has 0 radical (unpaired) electrons. The molecule has 82 heavy (non-hydrogen) atoms. The fourth-order valence-corrected chi connectivity index (χ4v) is 10.6. The lowest BCUT2D eigenvalue weighted by Gasteiger charge is -2.39. The van der Waals surface area contributed by atoms with Gasteiger partial charge in [0.2, 0.25) is 0 Å². The summed E-state index contributed by atoms with van der Waals surface area (Å²) in [6.45, 7) is 3.80. The number of hydrogen-bond donors (Lipinski definition) is 10. The van der Waals surface area contributed by atoms with Crippen LogP contribution in [0.15, 0.2) is 121 Å². The van der Waals surface area contributed by atoms with E-state index in [1.807, 2.05) is 60.7 Å². The van der Waals surface area contributed by atoms with Crippen molar-refractivity contribution in [2.45, 2.75) is 88.1 Å². The number of ether oxygens (including phenoxy) is 6. The Hall–Kier alpha value is -7.40. The average Bonchev–Trinajstić information content (AvgIpc) is 4.37. The summed E-state index contributed by atoms with van der Waals surface area (Å²) in [5.41, 5.74) is 15.9. The lowest BCUT2D eigenvalue weighted by Crippen LogP contribution is -2.59. The highest BCUT2D eigenvalue weighted by molar-refractivity contribution is 6.00. The number of aromatic amines is 2. The predicted molar refractivity (Wildman–Crippen MR) is 310 cm³/mol. The number of nitrogens with one attached hydrogen (secondary N) is 2. The predicted octanol–water partition coefficient (Wildman–Crippen LogP) is 7.11. The van der Waals surface area contributed by atoms with Crippen LogP contribution in [0.2, 0.25) is 0 Å². The number of aliphatic hydroxyl groups excluding tert-OH is 8. The standard InChI is InChI=1S/C64H66N4O14/c1-35-5-9-37(10-6-35)53-43-21-22-44(65-43)54(38-11-7-36(2)8-12-38)46-24-26-48(67-46)56(40-15-19-42(20-16-40)78-30-4-32-80-64-62(76)60(74)58(72)52(34-70)82-64)50-28-27-49(68-50)55(47-25-23-45(53)66-47)39-13-17-41(18-14-39)77-29-3-31-79-63-61(75)59(73)57(71)51(33-69)81-63/h5-28,51-52,57-64,66-67,69-76H,3-4,29-34H2,1-2H3/t51-,52-,57-,58-,59+,60+,61-,62-,63-,64-/m1/s1. The molecule has 18 nitrogen and oxygen atoms in total. The Labute approximate surface area is 472 Å². The van der Waals surface area contributed by atoms with Crippen LogP contribution in [0.1, 0.15) is 46.7 Å². The Morgan fingerprint density at radius 2 is 0.695 bits per heavy atom. The summed E-state index contributed by atoms with van der Waals surface area (Å²) < 4.78 is 34.6. The number of H-pyrrole nitrogens is 2. The highest BCUT2D eigenvalue weighted by Gasteiger charge is 2.45. The Balaban J connectivity index is 0.955. The fourth-order valence-electron chi connectivity index (χ4n) is 10.6. The van der Waals surface area contributed by atoms with Crippen LogP contribution in [-0.4, -0.2) is 162 Å². The largest absolute Gasteiger partial charge is 0.494 e. The smallest absolute Gasteiger partial charge is 0.186 e. The zero-order valence-corrected chi connectivity index (χ0v) is 45.2. The second-order valence-electron chi connectivity index (χ2n) is 20.8. The summed E-state index contributed by atoms with van der Waals surface area (Å²) in [5, 5.41) is 80.5. The molecule has 0 spiro atoms. The SMILES string of the molecule is Cc1ccc(-c2c3nc(c(-c4ccc(C)cc4)c4ccc([nH]4)c(-c4ccc(OCCCO[C@@H]5O[C@H](CO)[C@@H](O)[C@H](O)[C@H]5O)cc4)c4nc(c(-c5ccc(OCCCO[C@@H]6O[C@H](CO)[C@@H](O)[C@H](O)[C@H]6O)cc5)c5ccc2[nH]5)C=C4)C=C3)cc1. The number of hydrogen-bond acceptors (Lipinski definition) is 16. The molecule has 2 fully saturated rings. The van der Waals surface area contributed by atoms with Crippen molar-refractivity contribution in [1.82, 2.24) is 19.9 Å². The topological polar surface area (TPSA) is 275 Å². The summed E-state index contributed by atoms with van der Waals surface area (Å²) in [6, 6.07) is 40.7. The van der Waals surface area contributed by atoms with Gasteiger partial charge in [-0.1, -0.05) is 83.9 Å². The van der Waals surface area contributed by atoms with E-state index in [0.717, 1.165) is 89.1 Å². The van der Waals surface area contributed by atoms with Gasteiger partial charge in [0.1, 0.15) is 60.3 Å². The van der Waals surface area contributed by atoms with Crippen molar-refractivity contribution >= 4 is 46.4 Å². The maximum absolute atomic E-state index is 10.4. The van der Waals surface area contributed by atoms with Crippen molar-refractivity contribution < 1.29 is 69.3 Å². The molecule has 3 aromatic heterocycles. The van der Waals surface area contributed by atoms with Crippen molar-refractivity contribution in [2.75, 3.05) is 39.6 Å². The highest BCUT2D eigenvalue weighted by Crippen LogP contribution is 2.39. The summed E-state index contributed by atoms with van der Waals surface area (Å²) in [5.74, 6) is 1.21. The molecular weight excluding hydrogens is 1050 g/mol. The second-order valence-corrected chi connectivity index (χ2v) is 20.8. The number of aromatic nitrogens is 4. The van der Waals surface area contributed by atoms with Crippen LogP contribution in [0, 0.1) is 13.8 Å². The zero-order valence-electron chi connectivity index (χ0n) is 45.2. The molecule has 426 valence electrons. The van der Waals surface area contributed by atoms with Crippen molar-refractivity contribution in [3.63, 3.8) is 0 Å². The van der Waals surface area contributed by atoms with Crippen LogP contribution in [0.25, 0.3) is 90.9 Å². The molecule has 7 aromatic rings. The first-order chi connectivity index (χ1) is 39.8. The molecule has 10 N–H and O–H groups in total. The van der Waals surface area contributed by atoms with Crippen LogP contribution in [0.5, 0.6) is 11.5 Å². The maximum Gasteiger partial charge on any atom is 0.186 e. The molecule has 4 aliphatic heterocycles. The first kappa shape index (κ1) is 56.5. The van der Waals surface area contributed by atoms with E-state index in [4.69, 9.17) is 38.4 Å². The van der Waals surface area contributed by atoms with Gasteiger partial charge in [-0.05, 0) is 109 Å². The Morgan fingerprint density at radius 3 is 1.00 bits per heavy atom. The molecule has 0 amide bonds. The van der Waals surface area contributed by atoms with Crippen molar-refractivity contribution in [3.05, 3.63) is 155 Å². The van der Waals surface area contributed by atoms with E-state index in [2.05, 4.69) is 109 Å². The van der Waals surface area contributed by atoms with E-state index in [9.17, 15) is 40.9 Å². The summed E-state index contributed by atoms with van der Waals surface area (Å²) in [7, 11) is 0. The molecule has 0 aliphatic carbocycles. The minimum atomic E-state index is -1.53. The van der Waals surface area contributed by atoms with Gasteiger partial charge in [0, 0.05) is 57.2 Å². The van der Waals surface area contributed by atoms with Gasteiger partial charge in [0.25, 0.3) is 0 Å². The maximum atomic E-state index is 10.4. The second kappa shape index (κ2) is 25.0. The zero-order chi connectivity index (χ0) is 57.0. The molecule has 2 saturated heterocycles. The Morgan fingerprint density at radius 1 is 0.390 bits per heavy atom. The van der Waals surface area contributed by atoms with Crippen LogP contribution >= 0.6 is 0 Å². The summed E-state index contributed by atoms with van der Waals surface area (Å²) in [4.78, 5) is 18.5. The Kier molecular flexibility index (Phi) is 17.2. The van der Waals surface area contributed by atoms with E-state index in [1.165, 1.54) is 0 Å². The lowest BCUT2D eigenvalue weighted by molar-refractivity contribution is -0.301. The molecule has 4 aliphatic rings. The van der Waals surface area contributed by atoms with E-state index < -0.39 is 74.6 Å². The van der Waals surface area contributed by atoms with Crippen LogP contribution in [-0.2, 0) is 18.9 Å². The van der Waals surface area contributed by atoms with Gasteiger partial charge in [-0.15, -0.1) is 0 Å². The third-order valence-corrected chi connectivity index (χ3v) is 15.1. The first-order valence-electron chi connectivity index (χ1n) is 27.5. The molecule has 0 unspecified atom stereocenters. The molecule has 11 rings (SSSR count). The summed E-state index contributed by atoms with van der Waals surface area (Å²) in [6.07, 6.45) is -4.54. The van der Waals surface area contributed by atoms with E-state index in [-0.39, 0.29) is 26.4 Å². The third kappa shape index (κ3) is 11.9. The fraction of sp³-hybridized carbons (Fsp3) is 0.312. The summed E-state index contributed by atoms with van der Waals surface area (Å²) >= 11 is 0. The van der Waals surface area contributed by atoms with Gasteiger partial charge in [0.05, 0.1) is 62.4 Å². The number of rotatable bonds is 18. The molecule has 7 heterocycles. The van der Waals surface area contributed by atoms with Gasteiger partial charge < -0.3 is 79.2 Å². The highest BCUT2D eigenvalue weighted by atomic mass is 16.7. The monoisotopic (exact) mass is 1110 g/mol. The Bertz CT molecular complexity index is 3350. The van der Waals surface area contributed by atoms with Gasteiger partial charge in [-0.2, -0.15) is 0 Å². The minimum Gasteiger partial charge on any atom is -0.494 e. The van der Waals surface area contributed by atoms with E-state index in [1.54, 1.807) is 0 Å². The van der Waals surface area contributed by atoms with Gasteiger partial charge in [-0.25, -0.2) is 9.97 Å². The molecule has 8 bridgehead atoms. The minimum absolute atomic E-state index is 0.115. The molecule has 0 saturated carbocycles. The van der Waals surface area contributed by atoms with Crippen molar-refractivity contribution in [3.8, 4) is 56.0 Å². The molecular formula is C64H66N4O14. The number of aryl methyl sites for hydroxylation is 2. The number of nitrogens with zero attached hydrogens (tertiary/aromatic N) is 2. The lowest BCUT2D eigenvalue weighted by atomic mass is 9.99. The molecule has 10 atom stereocenters. The normalized spacial score (nSPS) is 23.3. The van der Waals surface area contributed by atoms with Gasteiger partial charge in [0.15, 0.2) is 12.6 Å². The van der Waals surface area contributed by atoms with Crippen LogP contribution in [0.4, 0.5) is 0 Å². The molecule has 18 heteroatoms. The van der Waals surface area contributed by atoms with Crippen molar-refractivity contribution in [1.29, 1.82) is 0 Å². The van der Waals surface area contributed by atoms with Crippen LogP contribution in [0.3, 0.4) is 0 Å². The quantitative estimate of drug-likeness (QED) is 0.0383.